The first-order valence-electron chi connectivity index (χ1n) is 3.82. The first kappa shape index (κ1) is 6.91. The second-order valence-electron chi connectivity index (χ2n) is 3.36. The molecule has 1 amide bonds. The number of hydrogen-bond acceptors (Lipinski definition) is 3. The maximum absolute atomic E-state index is 10.3. The van der Waals surface area contributed by atoms with Crippen LogP contribution in [-0.4, -0.2) is 23.4 Å². The summed E-state index contributed by atoms with van der Waals surface area (Å²) in [5.41, 5.74) is 4.82. The number of hydrogen-bond donors (Lipinski definition) is 2. The zero-order chi connectivity index (χ0) is 8.01. The van der Waals surface area contributed by atoms with Gasteiger partial charge in [0.2, 0.25) is 0 Å². The molecule has 4 atom stereocenters. The van der Waals surface area contributed by atoms with Crippen molar-refractivity contribution in [3.05, 3.63) is 0 Å². The van der Waals surface area contributed by atoms with Crippen LogP contribution in [0.5, 0.6) is 0 Å². The molecule has 2 aliphatic rings. The highest BCUT2D eigenvalue weighted by Crippen LogP contribution is 2.52. The highest BCUT2D eigenvalue weighted by Gasteiger charge is 2.54. The molecule has 4 nitrogen and oxygen atoms in total. The fourth-order valence-corrected chi connectivity index (χ4v) is 1.94. The van der Waals surface area contributed by atoms with Crippen molar-refractivity contribution in [1.82, 2.24) is 0 Å². The van der Waals surface area contributed by atoms with E-state index in [0.717, 1.165) is 12.8 Å². The van der Waals surface area contributed by atoms with Crippen LogP contribution in [0.2, 0.25) is 0 Å². The van der Waals surface area contributed by atoms with E-state index in [1.807, 2.05) is 0 Å². The molecule has 0 spiro atoms. The Morgan fingerprint density at radius 3 is 2.73 bits per heavy atom. The number of nitrogens with two attached hydrogens (primary N) is 1. The van der Waals surface area contributed by atoms with Gasteiger partial charge < -0.3 is 15.6 Å². The molecule has 0 radical (unpaired) electrons. The van der Waals surface area contributed by atoms with E-state index in [0.29, 0.717) is 11.8 Å². The van der Waals surface area contributed by atoms with Gasteiger partial charge in [-0.05, 0) is 24.7 Å². The smallest absolute Gasteiger partial charge is 0.404 e. The van der Waals surface area contributed by atoms with Gasteiger partial charge in [-0.1, -0.05) is 0 Å². The van der Waals surface area contributed by atoms with Gasteiger partial charge in [0.25, 0.3) is 0 Å². The summed E-state index contributed by atoms with van der Waals surface area (Å²) in [5.74, 6) is 0.952. The van der Waals surface area contributed by atoms with Crippen LogP contribution in [-0.2, 0) is 4.74 Å². The van der Waals surface area contributed by atoms with Crippen LogP contribution in [0.1, 0.15) is 12.8 Å². The van der Waals surface area contributed by atoms with Gasteiger partial charge in [0.15, 0.2) is 0 Å². The number of aliphatic hydroxyl groups excluding tert-OH is 1. The van der Waals surface area contributed by atoms with Gasteiger partial charge in [0, 0.05) is 0 Å². The normalized spacial score (nSPS) is 46.6. The summed E-state index contributed by atoms with van der Waals surface area (Å²) in [6.07, 6.45) is 0.285. The number of amides is 1. The van der Waals surface area contributed by atoms with E-state index in [-0.39, 0.29) is 6.10 Å². The summed E-state index contributed by atoms with van der Waals surface area (Å²) in [7, 11) is 0. The Labute approximate surface area is 64.3 Å². The topological polar surface area (TPSA) is 72.6 Å². The number of fused-ring (bicyclic) bond motifs is 1. The fraction of sp³-hybridized carbons (Fsp3) is 0.857. The van der Waals surface area contributed by atoms with Crippen molar-refractivity contribution in [2.75, 3.05) is 0 Å². The molecule has 11 heavy (non-hydrogen) atoms. The molecule has 2 fully saturated rings. The predicted molar refractivity (Wildman–Crippen MR) is 36.7 cm³/mol. The number of primary amides is 1. The zero-order valence-corrected chi connectivity index (χ0v) is 6.06. The molecule has 4 heteroatoms. The molecule has 0 bridgehead atoms. The van der Waals surface area contributed by atoms with Crippen LogP contribution >= 0.6 is 0 Å². The summed E-state index contributed by atoms with van der Waals surface area (Å²) >= 11 is 0. The Balaban J connectivity index is 1.91. The lowest BCUT2D eigenvalue weighted by Gasteiger charge is -2.16. The van der Waals surface area contributed by atoms with Gasteiger partial charge in [-0.3, -0.25) is 0 Å². The Hall–Kier alpha value is -0.770. The van der Waals surface area contributed by atoms with Gasteiger partial charge in [0.05, 0.1) is 6.10 Å². The van der Waals surface area contributed by atoms with Gasteiger partial charge >= 0.3 is 6.09 Å². The van der Waals surface area contributed by atoms with Gasteiger partial charge in [-0.15, -0.1) is 0 Å². The second kappa shape index (κ2) is 2.11. The Bertz CT molecular complexity index is 194. The van der Waals surface area contributed by atoms with Crippen molar-refractivity contribution in [3.63, 3.8) is 0 Å². The molecule has 2 aliphatic carbocycles. The highest BCUT2D eigenvalue weighted by molar-refractivity contribution is 5.64. The molecule has 0 aromatic rings. The maximum Gasteiger partial charge on any atom is 0.404 e. The molecule has 0 aromatic heterocycles. The van der Waals surface area contributed by atoms with E-state index in [2.05, 4.69) is 0 Å². The van der Waals surface area contributed by atoms with E-state index in [9.17, 15) is 9.90 Å². The molecular weight excluding hydrogens is 146 g/mol. The van der Waals surface area contributed by atoms with Crippen LogP contribution in [0.4, 0.5) is 4.79 Å². The van der Waals surface area contributed by atoms with E-state index >= 15 is 0 Å². The largest absolute Gasteiger partial charge is 0.444 e. The highest BCUT2D eigenvalue weighted by atomic mass is 16.6. The van der Waals surface area contributed by atoms with E-state index in [1.165, 1.54) is 0 Å². The van der Waals surface area contributed by atoms with Crippen molar-refractivity contribution < 1.29 is 14.6 Å². The van der Waals surface area contributed by atoms with Gasteiger partial charge in [-0.25, -0.2) is 4.79 Å². The molecule has 0 heterocycles. The van der Waals surface area contributed by atoms with Crippen LogP contribution in [0.15, 0.2) is 0 Å². The standard InChI is InChI=1S/C7H11NO3/c8-7(10)11-5-2-3-1-4(3)6(5)9/h3-6,9H,1-2H2,(H2,8,10)/t3-,4-,5-,6-/m0/s1. The second-order valence-corrected chi connectivity index (χ2v) is 3.36. The summed E-state index contributed by atoms with van der Waals surface area (Å²) in [5, 5.41) is 9.42. The molecule has 2 rings (SSSR count). The average Bonchev–Trinajstić information content (AvgIpc) is 2.58. The lowest BCUT2D eigenvalue weighted by atomic mass is 10.2. The van der Waals surface area contributed by atoms with Crippen molar-refractivity contribution in [2.45, 2.75) is 25.0 Å². The SMILES string of the molecule is NC(=O)O[C@H]1C[C@@H]2C[C@@H]2[C@@H]1O. The minimum Gasteiger partial charge on any atom is -0.444 e. The zero-order valence-electron chi connectivity index (χ0n) is 6.06. The number of ether oxygens (including phenoxy) is 1. The minimum absolute atomic E-state index is 0.337. The Kier molecular flexibility index (Phi) is 1.32. The van der Waals surface area contributed by atoms with Crippen molar-refractivity contribution in [1.29, 1.82) is 0 Å². The third kappa shape index (κ3) is 1.07. The summed E-state index contributed by atoms with van der Waals surface area (Å²) in [4.78, 5) is 10.3. The molecule has 0 aliphatic heterocycles. The van der Waals surface area contributed by atoms with Gasteiger partial charge in [-0.2, -0.15) is 0 Å². The number of carbonyl (C=O) groups excluding carboxylic acids is 1. The van der Waals surface area contributed by atoms with Crippen molar-refractivity contribution in [2.24, 2.45) is 17.6 Å². The average molecular weight is 157 g/mol. The van der Waals surface area contributed by atoms with Crippen LogP contribution in [0.3, 0.4) is 0 Å². The van der Waals surface area contributed by atoms with Crippen LogP contribution < -0.4 is 5.73 Å². The third-order valence-corrected chi connectivity index (χ3v) is 2.60. The lowest BCUT2D eigenvalue weighted by molar-refractivity contribution is 0.0113. The number of carbonyl (C=O) groups is 1. The molecule has 3 N–H and O–H groups in total. The van der Waals surface area contributed by atoms with Crippen LogP contribution in [0, 0.1) is 11.8 Å². The lowest BCUT2D eigenvalue weighted by Crippen LogP contribution is -2.31. The van der Waals surface area contributed by atoms with Crippen LogP contribution in [0.25, 0.3) is 0 Å². The summed E-state index contributed by atoms with van der Waals surface area (Å²) < 4.78 is 4.71. The van der Waals surface area contributed by atoms with Crippen molar-refractivity contribution in [3.8, 4) is 0 Å². The molecular formula is C7H11NO3. The number of rotatable bonds is 1. The summed E-state index contributed by atoms with van der Waals surface area (Å²) in [6.45, 7) is 0. The maximum atomic E-state index is 10.3. The first-order valence-corrected chi connectivity index (χ1v) is 3.82. The Morgan fingerprint density at radius 1 is 1.55 bits per heavy atom. The minimum atomic E-state index is -0.782. The van der Waals surface area contributed by atoms with Crippen molar-refractivity contribution >= 4 is 6.09 Å². The van der Waals surface area contributed by atoms with E-state index in [1.54, 1.807) is 0 Å². The van der Waals surface area contributed by atoms with E-state index < -0.39 is 12.2 Å². The van der Waals surface area contributed by atoms with Gasteiger partial charge in [0.1, 0.15) is 6.10 Å². The predicted octanol–water partition coefficient (Wildman–Crippen LogP) is -0.149. The third-order valence-electron chi connectivity index (χ3n) is 2.60. The molecule has 0 aromatic carbocycles. The number of aliphatic hydroxyl groups is 1. The first-order chi connectivity index (χ1) is 5.18. The molecule has 0 saturated heterocycles. The van der Waals surface area contributed by atoms with E-state index in [4.69, 9.17) is 10.5 Å². The quantitative estimate of drug-likeness (QED) is 0.556. The Morgan fingerprint density at radius 2 is 2.27 bits per heavy atom. The monoisotopic (exact) mass is 157 g/mol. The molecule has 2 saturated carbocycles. The fourth-order valence-electron chi connectivity index (χ4n) is 1.94. The molecule has 0 unspecified atom stereocenters. The molecule has 62 valence electrons. The summed E-state index contributed by atoms with van der Waals surface area (Å²) in [6, 6.07) is 0.